The number of aliphatic hydroxyl groups excluding tert-OH is 2. The van der Waals surface area contributed by atoms with Gasteiger partial charge in [-0.15, -0.1) is 0 Å². The largest absolute Gasteiger partial charge is 0.393 e. The van der Waals surface area contributed by atoms with Gasteiger partial charge in [-0.3, -0.25) is 0 Å². The summed E-state index contributed by atoms with van der Waals surface area (Å²) in [6.07, 6.45) is 14.3. The number of sulfone groups is 1. The molecule has 4 aliphatic rings. The molecular weight excluding hydrogens is 456 g/mol. The second-order valence-electron chi connectivity index (χ2n) is 13.0. The lowest BCUT2D eigenvalue weighted by Gasteiger charge is -2.43. The number of fused-ring (bicyclic) bond motifs is 1. The van der Waals surface area contributed by atoms with Crippen molar-refractivity contribution in [1.29, 1.82) is 0 Å². The molecule has 0 amide bonds. The molecule has 5 atom stereocenters. The van der Waals surface area contributed by atoms with Crippen LogP contribution in [0.3, 0.4) is 0 Å². The van der Waals surface area contributed by atoms with Gasteiger partial charge in [0.15, 0.2) is 9.84 Å². The van der Waals surface area contributed by atoms with E-state index in [-0.39, 0.29) is 5.41 Å². The molecule has 5 heteroatoms. The van der Waals surface area contributed by atoms with Gasteiger partial charge in [-0.1, -0.05) is 49.8 Å². The summed E-state index contributed by atoms with van der Waals surface area (Å²) >= 11 is 0. The Hall–Kier alpha value is -1.17. The molecule has 0 saturated heterocycles. The Morgan fingerprint density at radius 3 is 2.51 bits per heavy atom. The van der Waals surface area contributed by atoms with Crippen molar-refractivity contribution in [3.05, 3.63) is 47.1 Å². The molecule has 0 aromatic rings. The van der Waals surface area contributed by atoms with E-state index in [2.05, 4.69) is 38.7 Å². The molecule has 4 nitrogen and oxygen atoms in total. The van der Waals surface area contributed by atoms with Gasteiger partial charge in [0.1, 0.15) is 0 Å². The molecule has 0 unspecified atom stereocenters. The van der Waals surface area contributed by atoms with Crippen molar-refractivity contribution in [2.45, 2.75) is 121 Å². The van der Waals surface area contributed by atoms with E-state index in [4.69, 9.17) is 0 Å². The van der Waals surface area contributed by atoms with Gasteiger partial charge in [0.05, 0.1) is 21.7 Å². The minimum Gasteiger partial charge on any atom is -0.393 e. The fraction of sp³-hybridized carbons (Fsp3) is 0.733. The minimum atomic E-state index is -3.14. The van der Waals surface area contributed by atoms with Gasteiger partial charge in [0.2, 0.25) is 0 Å². The zero-order valence-electron chi connectivity index (χ0n) is 22.4. The summed E-state index contributed by atoms with van der Waals surface area (Å²) in [4.78, 5) is 0. The number of rotatable bonds is 6. The summed E-state index contributed by atoms with van der Waals surface area (Å²) in [5, 5.41) is 20.3. The highest BCUT2D eigenvalue weighted by Crippen LogP contribution is 2.58. The van der Waals surface area contributed by atoms with E-state index in [0.29, 0.717) is 24.7 Å². The van der Waals surface area contributed by atoms with Crippen molar-refractivity contribution >= 4 is 9.84 Å². The van der Waals surface area contributed by atoms with Crippen molar-refractivity contribution in [2.75, 3.05) is 0 Å². The molecule has 0 radical (unpaired) electrons. The lowest BCUT2D eigenvalue weighted by Crippen LogP contribution is -2.39. The highest BCUT2D eigenvalue weighted by atomic mass is 32.2. The Balaban J connectivity index is 1.47. The maximum atomic E-state index is 13.2. The standard InChI is InChI=1S/C30H46O4S/c1-20(13-15-30(16-17-30)35(33,34)28(3,4)5)25-11-12-26-22(8-7-14-29(25,26)6)9-10-23-18-24(31)19-27(32)21(23)2/h9-11,20,24,26-27,31-32H,2,7-8,12-19H2,1,3-6H3/t20-,24-,26+,27+,29-/m1/s1. The van der Waals surface area contributed by atoms with E-state index >= 15 is 0 Å². The first kappa shape index (κ1) is 26.9. The van der Waals surface area contributed by atoms with Crippen LogP contribution in [0.5, 0.6) is 0 Å². The molecule has 2 N–H and O–H groups in total. The molecule has 0 bridgehead atoms. The van der Waals surface area contributed by atoms with Crippen LogP contribution in [-0.4, -0.2) is 40.3 Å². The SMILES string of the molecule is C=C1C(=CC=C2CCC[C@]3(C)C([C@H](C)CCC4(S(=O)(=O)C(C)(C)C)CC4)=CC[C@@H]23)C[C@@H](O)C[C@@H]1O. The van der Waals surface area contributed by atoms with Crippen LogP contribution in [0.15, 0.2) is 47.1 Å². The van der Waals surface area contributed by atoms with Crippen molar-refractivity contribution in [3.63, 3.8) is 0 Å². The van der Waals surface area contributed by atoms with Crippen molar-refractivity contribution in [1.82, 2.24) is 0 Å². The highest BCUT2D eigenvalue weighted by Gasteiger charge is 2.58. The smallest absolute Gasteiger partial charge is 0.160 e. The first-order valence-electron chi connectivity index (χ1n) is 13.6. The number of hydrogen-bond donors (Lipinski definition) is 2. The molecule has 0 heterocycles. The van der Waals surface area contributed by atoms with Gasteiger partial charge in [0, 0.05) is 6.42 Å². The third-order valence-electron chi connectivity index (χ3n) is 9.62. The molecule has 4 aliphatic carbocycles. The first-order chi connectivity index (χ1) is 16.2. The van der Waals surface area contributed by atoms with E-state index in [1.165, 1.54) is 17.6 Å². The molecule has 35 heavy (non-hydrogen) atoms. The Morgan fingerprint density at radius 2 is 1.89 bits per heavy atom. The summed E-state index contributed by atoms with van der Waals surface area (Å²) in [5.41, 5.74) is 4.82. The van der Waals surface area contributed by atoms with Gasteiger partial charge in [-0.05, 0) is 107 Å². The van der Waals surface area contributed by atoms with Crippen LogP contribution in [0.1, 0.15) is 98.8 Å². The lowest BCUT2D eigenvalue weighted by molar-refractivity contribution is 0.0862. The Bertz CT molecular complexity index is 1050. The van der Waals surface area contributed by atoms with E-state index in [1.807, 2.05) is 20.8 Å². The fourth-order valence-electron chi connectivity index (χ4n) is 7.16. The van der Waals surface area contributed by atoms with Gasteiger partial charge in [0.25, 0.3) is 0 Å². The fourth-order valence-corrected chi connectivity index (χ4v) is 9.48. The first-order valence-corrected chi connectivity index (χ1v) is 15.1. The number of allylic oxidation sites excluding steroid dienone is 5. The molecule has 4 rings (SSSR count). The van der Waals surface area contributed by atoms with Gasteiger partial charge in [-0.2, -0.15) is 0 Å². The van der Waals surface area contributed by atoms with E-state index in [1.54, 1.807) is 0 Å². The predicted octanol–water partition coefficient (Wildman–Crippen LogP) is 6.21. The van der Waals surface area contributed by atoms with Crippen LogP contribution in [0.4, 0.5) is 0 Å². The average molecular weight is 503 g/mol. The van der Waals surface area contributed by atoms with E-state index < -0.39 is 31.5 Å². The van der Waals surface area contributed by atoms with Gasteiger partial charge >= 0.3 is 0 Å². The third kappa shape index (κ3) is 4.78. The second-order valence-corrected chi connectivity index (χ2v) is 16.1. The maximum Gasteiger partial charge on any atom is 0.160 e. The Morgan fingerprint density at radius 1 is 1.20 bits per heavy atom. The molecule has 0 aliphatic heterocycles. The quantitative estimate of drug-likeness (QED) is 0.424. The third-order valence-corrected chi connectivity index (χ3v) is 13.0. The summed E-state index contributed by atoms with van der Waals surface area (Å²) in [7, 11) is -3.14. The average Bonchev–Trinajstić information content (AvgIpc) is 3.48. The topological polar surface area (TPSA) is 74.6 Å². The molecule has 196 valence electrons. The Kier molecular flexibility index (Phi) is 7.14. The monoisotopic (exact) mass is 502 g/mol. The minimum absolute atomic E-state index is 0.129. The molecule has 3 fully saturated rings. The van der Waals surface area contributed by atoms with Crippen molar-refractivity contribution in [3.8, 4) is 0 Å². The van der Waals surface area contributed by atoms with Crippen LogP contribution in [0, 0.1) is 17.3 Å². The summed E-state index contributed by atoms with van der Waals surface area (Å²) in [5.74, 6) is 0.865. The zero-order valence-corrected chi connectivity index (χ0v) is 23.3. The van der Waals surface area contributed by atoms with Gasteiger partial charge < -0.3 is 10.2 Å². The summed E-state index contributed by atoms with van der Waals surface area (Å²) < 4.78 is 25.2. The molecule has 0 spiro atoms. The zero-order chi connectivity index (χ0) is 25.8. The number of hydrogen-bond acceptors (Lipinski definition) is 4. The van der Waals surface area contributed by atoms with Crippen LogP contribution in [-0.2, 0) is 9.84 Å². The van der Waals surface area contributed by atoms with Crippen LogP contribution in [0.2, 0.25) is 0 Å². The molecule has 3 saturated carbocycles. The Labute approximate surface area is 213 Å². The van der Waals surface area contributed by atoms with Crippen LogP contribution in [0.25, 0.3) is 0 Å². The normalized spacial score (nSPS) is 36.3. The van der Waals surface area contributed by atoms with Crippen molar-refractivity contribution in [2.24, 2.45) is 17.3 Å². The molecule has 0 aromatic carbocycles. The van der Waals surface area contributed by atoms with Crippen LogP contribution < -0.4 is 0 Å². The van der Waals surface area contributed by atoms with Gasteiger partial charge in [-0.25, -0.2) is 8.42 Å². The predicted molar refractivity (Wildman–Crippen MR) is 144 cm³/mol. The van der Waals surface area contributed by atoms with E-state index in [9.17, 15) is 18.6 Å². The molecule has 0 aromatic heterocycles. The van der Waals surface area contributed by atoms with Crippen molar-refractivity contribution < 1.29 is 18.6 Å². The molecular formula is C30H46O4S. The lowest BCUT2D eigenvalue weighted by atomic mass is 9.62. The summed E-state index contributed by atoms with van der Waals surface area (Å²) in [6.45, 7) is 14.3. The second kappa shape index (κ2) is 9.29. The van der Waals surface area contributed by atoms with Crippen LogP contribution >= 0.6 is 0 Å². The van der Waals surface area contributed by atoms with E-state index in [0.717, 1.165) is 56.1 Å². The maximum absolute atomic E-state index is 13.2. The highest BCUT2D eigenvalue weighted by molar-refractivity contribution is 7.94. The summed E-state index contributed by atoms with van der Waals surface area (Å²) in [6, 6.07) is 0. The number of aliphatic hydroxyl groups is 2.